The first-order chi connectivity index (χ1) is 16.7. The average molecular weight is 531 g/mol. The highest BCUT2D eigenvalue weighted by Gasteiger charge is 2.36. The van der Waals surface area contributed by atoms with Gasteiger partial charge in [0.05, 0.1) is 10.9 Å². The van der Waals surface area contributed by atoms with Crippen LogP contribution in [-0.4, -0.2) is 29.1 Å². The van der Waals surface area contributed by atoms with Gasteiger partial charge in [0.2, 0.25) is 6.79 Å². The van der Waals surface area contributed by atoms with Gasteiger partial charge in [0.15, 0.2) is 11.5 Å². The Hall–Kier alpha value is -3.29. The van der Waals surface area contributed by atoms with Crippen molar-refractivity contribution in [3.8, 4) is 11.5 Å². The number of aromatic amines is 1. The van der Waals surface area contributed by atoms with E-state index in [2.05, 4.69) is 45.2 Å². The molecule has 0 spiro atoms. The molecule has 5 aromatic rings. The molecule has 2 aliphatic heterocycles. The molecule has 0 saturated heterocycles. The summed E-state index contributed by atoms with van der Waals surface area (Å²) in [7, 11) is 0. The van der Waals surface area contributed by atoms with Gasteiger partial charge in [-0.15, -0.1) is 11.3 Å². The molecule has 0 aliphatic carbocycles. The van der Waals surface area contributed by atoms with Crippen LogP contribution in [0.3, 0.4) is 0 Å². The highest BCUT2D eigenvalue weighted by molar-refractivity contribution is 9.10. The molecule has 168 valence electrons. The number of halogens is 1. The number of benzene rings is 3. The summed E-state index contributed by atoms with van der Waals surface area (Å²) < 4.78 is 13.3. The average Bonchev–Trinajstić information content (AvgIpc) is 3.59. The second-order valence-corrected chi connectivity index (χ2v) is 10.5. The number of amides is 1. The summed E-state index contributed by atoms with van der Waals surface area (Å²) in [4.78, 5) is 20.3. The molecule has 0 bridgehead atoms. The molecule has 5 nitrogen and oxygen atoms in total. The van der Waals surface area contributed by atoms with Crippen molar-refractivity contribution in [2.75, 3.05) is 13.3 Å². The zero-order chi connectivity index (χ0) is 22.8. The number of hydrogen-bond donors (Lipinski definition) is 1. The van der Waals surface area contributed by atoms with E-state index < -0.39 is 0 Å². The summed E-state index contributed by atoms with van der Waals surface area (Å²) in [5, 5.41) is 2.29. The van der Waals surface area contributed by atoms with Gasteiger partial charge in [-0.25, -0.2) is 0 Å². The van der Waals surface area contributed by atoms with E-state index >= 15 is 0 Å². The molecule has 7 rings (SSSR count). The molecule has 2 aliphatic rings. The Labute approximate surface area is 208 Å². The number of H-pyrrole nitrogens is 1. The second kappa shape index (κ2) is 7.61. The lowest BCUT2D eigenvalue weighted by molar-refractivity contribution is 0.0697. The third kappa shape index (κ3) is 3.00. The molecule has 7 heteroatoms. The number of carbonyl (C=O) groups is 1. The number of para-hydroxylation sites is 1. The van der Waals surface area contributed by atoms with Crippen LogP contribution in [-0.2, 0) is 6.42 Å². The van der Waals surface area contributed by atoms with E-state index in [9.17, 15) is 4.79 Å². The maximum absolute atomic E-state index is 14.0. The highest BCUT2D eigenvalue weighted by Crippen LogP contribution is 2.43. The molecule has 4 heterocycles. The Balaban J connectivity index is 1.38. The summed E-state index contributed by atoms with van der Waals surface area (Å²) in [5.41, 5.74) is 4.45. The Kier molecular flexibility index (Phi) is 4.50. The van der Waals surface area contributed by atoms with Gasteiger partial charge in [-0.3, -0.25) is 4.79 Å². The van der Waals surface area contributed by atoms with Crippen LogP contribution < -0.4 is 9.47 Å². The van der Waals surface area contributed by atoms with Crippen molar-refractivity contribution in [1.82, 2.24) is 9.88 Å². The fourth-order valence-corrected chi connectivity index (χ4v) is 6.82. The van der Waals surface area contributed by atoms with Gasteiger partial charge < -0.3 is 19.4 Å². The number of nitrogens with one attached hydrogen (secondary N) is 1. The fourth-order valence-electron chi connectivity index (χ4n) is 5.16. The monoisotopic (exact) mass is 530 g/mol. The Bertz CT molecular complexity index is 1600. The first-order valence-electron chi connectivity index (χ1n) is 11.2. The van der Waals surface area contributed by atoms with Crippen LogP contribution >= 0.6 is 27.3 Å². The SMILES string of the molecule is O=C(c1cc2c(Br)cccc2s1)N1CCc2c([nH]c3ccccc23)C1c1ccc2c(c1)OCO2. The predicted octanol–water partition coefficient (Wildman–Crippen LogP) is 6.66. The zero-order valence-corrected chi connectivity index (χ0v) is 20.4. The number of hydrogen-bond acceptors (Lipinski definition) is 4. The van der Waals surface area contributed by atoms with E-state index in [0.29, 0.717) is 6.54 Å². The number of aromatic nitrogens is 1. The van der Waals surface area contributed by atoms with E-state index in [1.165, 1.54) is 10.9 Å². The standard InChI is InChI=1S/C27H19BrN2O3S/c28-19-5-3-7-23-18(19)13-24(34-23)27(31)30-11-10-17-16-4-1-2-6-20(16)29-25(17)26(30)15-8-9-21-22(12-15)33-14-32-21/h1-9,12-13,26,29H,10-11,14H2. The number of rotatable bonds is 2. The van der Waals surface area contributed by atoms with Gasteiger partial charge in [0.1, 0.15) is 0 Å². The van der Waals surface area contributed by atoms with Crippen molar-refractivity contribution < 1.29 is 14.3 Å². The van der Waals surface area contributed by atoms with Gasteiger partial charge in [-0.2, -0.15) is 0 Å². The molecule has 1 amide bonds. The van der Waals surface area contributed by atoms with Crippen molar-refractivity contribution in [1.29, 1.82) is 0 Å². The summed E-state index contributed by atoms with van der Waals surface area (Å²) >= 11 is 5.17. The lowest BCUT2D eigenvalue weighted by Gasteiger charge is -2.36. The topological polar surface area (TPSA) is 54.6 Å². The Morgan fingerprint density at radius 3 is 2.79 bits per heavy atom. The van der Waals surface area contributed by atoms with Crippen LogP contribution in [0.4, 0.5) is 0 Å². The van der Waals surface area contributed by atoms with Crippen LogP contribution in [0.15, 0.2) is 71.2 Å². The van der Waals surface area contributed by atoms with Crippen molar-refractivity contribution in [3.05, 3.63) is 92.9 Å². The summed E-state index contributed by atoms with van der Waals surface area (Å²) in [6.07, 6.45) is 0.806. The molecule has 0 saturated carbocycles. The normalized spacial score (nSPS) is 16.9. The maximum atomic E-state index is 14.0. The maximum Gasteiger partial charge on any atom is 0.264 e. The van der Waals surface area contributed by atoms with Crippen LogP contribution in [0, 0.1) is 0 Å². The number of ether oxygens (including phenoxy) is 2. The van der Waals surface area contributed by atoms with E-state index in [0.717, 1.165) is 54.1 Å². The molecule has 0 fully saturated rings. The summed E-state index contributed by atoms with van der Waals surface area (Å²) in [5.74, 6) is 1.50. The summed E-state index contributed by atoms with van der Waals surface area (Å²) in [6, 6.07) is 22.2. The Morgan fingerprint density at radius 2 is 1.88 bits per heavy atom. The third-order valence-corrected chi connectivity index (χ3v) is 8.51. The number of fused-ring (bicyclic) bond motifs is 5. The minimum Gasteiger partial charge on any atom is -0.454 e. The molecule has 1 N–H and O–H groups in total. The lowest BCUT2D eigenvalue weighted by Crippen LogP contribution is -2.40. The molecule has 0 radical (unpaired) electrons. The van der Waals surface area contributed by atoms with Crippen LogP contribution in [0.5, 0.6) is 11.5 Å². The summed E-state index contributed by atoms with van der Waals surface area (Å²) in [6.45, 7) is 0.864. The minimum atomic E-state index is -0.244. The van der Waals surface area contributed by atoms with Crippen molar-refractivity contribution in [2.24, 2.45) is 0 Å². The molecule has 1 atom stereocenters. The molecule has 2 aromatic heterocycles. The van der Waals surface area contributed by atoms with Crippen molar-refractivity contribution >= 4 is 54.2 Å². The van der Waals surface area contributed by atoms with Gasteiger partial charge in [-0.1, -0.05) is 46.3 Å². The van der Waals surface area contributed by atoms with Crippen molar-refractivity contribution in [3.63, 3.8) is 0 Å². The van der Waals surface area contributed by atoms with Crippen molar-refractivity contribution in [2.45, 2.75) is 12.5 Å². The lowest BCUT2D eigenvalue weighted by atomic mass is 9.92. The van der Waals surface area contributed by atoms with Gasteiger partial charge in [0, 0.05) is 37.7 Å². The minimum absolute atomic E-state index is 0.0417. The van der Waals surface area contributed by atoms with Gasteiger partial charge in [0.25, 0.3) is 5.91 Å². The van der Waals surface area contributed by atoms with Crippen LogP contribution in [0.2, 0.25) is 0 Å². The highest BCUT2D eigenvalue weighted by atomic mass is 79.9. The first kappa shape index (κ1) is 20.1. The van der Waals surface area contributed by atoms with Gasteiger partial charge in [-0.05, 0) is 53.9 Å². The first-order valence-corrected chi connectivity index (χ1v) is 12.8. The number of nitrogens with zero attached hydrogens (tertiary/aromatic N) is 1. The molecule has 3 aromatic carbocycles. The predicted molar refractivity (Wildman–Crippen MR) is 137 cm³/mol. The van der Waals surface area contributed by atoms with E-state index in [1.54, 1.807) is 11.3 Å². The number of thiophene rings is 1. The third-order valence-electron chi connectivity index (χ3n) is 6.73. The fraction of sp³-hybridized carbons (Fsp3) is 0.148. The molecule has 34 heavy (non-hydrogen) atoms. The quantitative estimate of drug-likeness (QED) is 0.277. The second-order valence-electron chi connectivity index (χ2n) is 8.59. The number of carbonyl (C=O) groups excluding carboxylic acids is 1. The smallest absolute Gasteiger partial charge is 0.264 e. The zero-order valence-electron chi connectivity index (χ0n) is 18.0. The molecular weight excluding hydrogens is 512 g/mol. The van der Waals surface area contributed by atoms with Crippen LogP contribution in [0.25, 0.3) is 21.0 Å². The van der Waals surface area contributed by atoms with E-state index in [-0.39, 0.29) is 18.7 Å². The molecular formula is C27H19BrN2O3S. The molecule has 1 unspecified atom stereocenters. The van der Waals surface area contributed by atoms with E-state index in [1.807, 2.05) is 47.4 Å². The van der Waals surface area contributed by atoms with Gasteiger partial charge >= 0.3 is 0 Å². The Morgan fingerprint density at radius 1 is 1.00 bits per heavy atom. The largest absolute Gasteiger partial charge is 0.454 e. The van der Waals surface area contributed by atoms with E-state index in [4.69, 9.17) is 9.47 Å². The van der Waals surface area contributed by atoms with Crippen LogP contribution in [0.1, 0.15) is 32.5 Å².